The molecule has 0 saturated carbocycles. The SMILES string of the molecule is C=Cc1ccccn1.[Ru]. The summed E-state index contributed by atoms with van der Waals surface area (Å²) in [6, 6.07) is 5.73. The van der Waals surface area contributed by atoms with E-state index in [1.165, 1.54) is 0 Å². The number of pyridine rings is 1. The van der Waals surface area contributed by atoms with Crippen molar-refractivity contribution in [2.45, 2.75) is 0 Å². The Bertz CT molecular complexity index is 172. The first-order chi connectivity index (χ1) is 3.93. The predicted molar refractivity (Wildman–Crippen MR) is 34.3 cm³/mol. The van der Waals surface area contributed by atoms with E-state index < -0.39 is 0 Å². The molecule has 0 radical (unpaired) electrons. The monoisotopic (exact) mass is 207 g/mol. The first-order valence-electron chi connectivity index (χ1n) is 2.47. The standard InChI is InChI=1S/C7H7N.Ru/c1-2-7-5-3-4-6-8-7;/h2-6H,1H2;. The van der Waals surface area contributed by atoms with Crippen molar-refractivity contribution >= 4 is 6.08 Å². The van der Waals surface area contributed by atoms with Crippen molar-refractivity contribution in [3.8, 4) is 0 Å². The molecule has 1 heterocycles. The molecule has 0 amide bonds. The number of nitrogens with zero attached hydrogens (tertiary/aromatic N) is 1. The van der Waals surface area contributed by atoms with Crippen LogP contribution in [0, 0.1) is 0 Å². The summed E-state index contributed by atoms with van der Waals surface area (Å²) in [4.78, 5) is 3.98. The van der Waals surface area contributed by atoms with Gasteiger partial charge in [0.05, 0.1) is 5.69 Å². The summed E-state index contributed by atoms with van der Waals surface area (Å²) < 4.78 is 0. The Hall–Kier alpha value is -0.487. The maximum atomic E-state index is 3.98. The number of aromatic nitrogens is 1. The van der Waals surface area contributed by atoms with Gasteiger partial charge in [-0.3, -0.25) is 4.98 Å². The average Bonchev–Trinajstić information content (AvgIpc) is 1.90. The minimum absolute atomic E-state index is 0. The summed E-state index contributed by atoms with van der Waals surface area (Å²) in [5.41, 5.74) is 0.924. The molecule has 0 aliphatic heterocycles. The van der Waals surface area contributed by atoms with Gasteiger partial charge < -0.3 is 0 Å². The second kappa shape index (κ2) is 4.40. The van der Waals surface area contributed by atoms with E-state index in [-0.39, 0.29) is 19.5 Å². The van der Waals surface area contributed by atoms with Gasteiger partial charge in [-0.05, 0) is 18.2 Å². The Labute approximate surface area is 67.6 Å². The van der Waals surface area contributed by atoms with Gasteiger partial charge in [0.25, 0.3) is 0 Å². The van der Waals surface area contributed by atoms with Crippen LogP contribution in [0.2, 0.25) is 0 Å². The van der Waals surface area contributed by atoms with Crippen LogP contribution in [0.1, 0.15) is 5.69 Å². The van der Waals surface area contributed by atoms with E-state index in [0.29, 0.717) is 0 Å². The predicted octanol–water partition coefficient (Wildman–Crippen LogP) is 1.72. The normalized spacial score (nSPS) is 7.56. The molecule has 0 N–H and O–H groups in total. The minimum Gasteiger partial charge on any atom is -0.257 e. The Morgan fingerprint density at radius 2 is 2.22 bits per heavy atom. The molecule has 1 aromatic heterocycles. The first kappa shape index (κ1) is 8.51. The summed E-state index contributed by atoms with van der Waals surface area (Å²) in [6.07, 6.45) is 3.47. The molecule has 0 aliphatic carbocycles. The van der Waals surface area contributed by atoms with Gasteiger partial charge in [-0.1, -0.05) is 12.6 Å². The zero-order valence-electron chi connectivity index (χ0n) is 4.89. The van der Waals surface area contributed by atoms with Gasteiger partial charge >= 0.3 is 0 Å². The van der Waals surface area contributed by atoms with Gasteiger partial charge in [0.2, 0.25) is 0 Å². The summed E-state index contributed by atoms with van der Waals surface area (Å²) in [6.45, 7) is 3.57. The van der Waals surface area contributed by atoms with Crippen molar-refractivity contribution in [2.75, 3.05) is 0 Å². The van der Waals surface area contributed by atoms with Crippen LogP contribution in [0.25, 0.3) is 6.08 Å². The van der Waals surface area contributed by atoms with E-state index >= 15 is 0 Å². The van der Waals surface area contributed by atoms with Crippen LogP contribution in [-0.4, -0.2) is 4.98 Å². The fourth-order valence-corrected chi connectivity index (χ4v) is 0.497. The van der Waals surface area contributed by atoms with E-state index in [0.717, 1.165) is 5.69 Å². The average molecular weight is 206 g/mol. The van der Waals surface area contributed by atoms with Gasteiger partial charge in [-0.25, -0.2) is 0 Å². The van der Waals surface area contributed by atoms with Crippen molar-refractivity contribution in [3.05, 3.63) is 36.7 Å². The maximum absolute atomic E-state index is 3.98. The van der Waals surface area contributed by atoms with Crippen LogP contribution < -0.4 is 0 Å². The van der Waals surface area contributed by atoms with Crippen LogP contribution in [0.15, 0.2) is 31.0 Å². The van der Waals surface area contributed by atoms with Crippen LogP contribution in [-0.2, 0) is 19.5 Å². The molecule has 2 heteroatoms. The van der Waals surface area contributed by atoms with Crippen molar-refractivity contribution in [1.29, 1.82) is 0 Å². The third kappa shape index (κ3) is 2.52. The smallest absolute Gasteiger partial charge is 0.0623 e. The van der Waals surface area contributed by atoms with Crippen LogP contribution >= 0.6 is 0 Å². The van der Waals surface area contributed by atoms with Gasteiger partial charge in [0.15, 0.2) is 0 Å². The Morgan fingerprint density at radius 3 is 2.56 bits per heavy atom. The Kier molecular flexibility index (Phi) is 4.16. The minimum atomic E-state index is 0. The summed E-state index contributed by atoms with van der Waals surface area (Å²) in [5, 5.41) is 0. The van der Waals surface area contributed by atoms with Crippen molar-refractivity contribution in [3.63, 3.8) is 0 Å². The zero-order chi connectivity index (χ0) is 5.82. The summed E-state index contributed by atoms with van der Waals surface area (Å²) in [5.74, 6) is 0. The fraction of sp³-hybridized carbons (Fsp3) is 0. The van der Waals surface area contributed by atoms with E-state index in [1.54, 1.807) is 12.3 Å². The second-order valence-electron chi connectivity index (χ2n) is 1.46. The van der Waals surface area contributed by atoms with Crippen LogP contribution in [0.3, 0.4) is 0 Å². The van der Waals surface area contributed by atoms with E-state index in [9.17, 15) is 0 Å². The van der Waals surface area contributed by atoms with E-state index in [2.05, 4.69) is 11.6 Å². The molecule has 1 nitrogen and oxygen atoms in total. The summed E-state index contributed by atoms with van der Waals surface area (Å²) >= 11 is 0. The largest absolute Gasteiger partial charge is 0.257 e. The van der Waals surface area contributed by atoms with Gasteiger partial charge in [0, 0.05) is 25.7 Å². The molecule has 0 fully saturated rings. The number of hydrogen-bond donors (Lipinski definition) is 0. The molecule has 0 aromatic carbocycles. The molecule has 0 saturated heterocycles. The molecule has 0 atom stereocenters. The molecule has 9 heavy (non-hydrogen) atoms. The van der Waals surface area contributed by atoms with Crippen molar-refractivity contribution in [2.24, 2.45) is 0 Å². The molecule has 0 spiro atoms. The van der Waals surface area contributed by atoms with Gasteiger partial charge in [-0.15, -0.1) is 0 Å². The van der Waals surface area contributed by atoms with Crippen LogP contribution in [0.5, 0.6) is 0 Å². The quantitative estimate of drug-likeness (QED) is 0.637. The Balaban J connectivity index is 0.000000640. The van der Waals surface area contributed by atoms with Crippen molar-refractivity contribution < 1.29 is 19.5 Å². The topological polar surface area (TPSA) is 12.9 Å². The zero-order valence-corrected chi connectivity index (χ0v) is 6.63. The molecular formula is C7H7NRu. The van der Waals surface area contributed by atoms with Gasteiger partial charge in [-0.2, -0.15) is 0 Å². The molecule has 0 bridgehead atoms. The van der Waals surface area contributed by atoms with Gasteiger partial charge in [0.1, 0.15) is 0 Å². The third-order valence-corrected chi connectivity index (χ3v) is 0.897. The van der Waals surface area contributed by atoms with E-state index in [4.69, 9.17) is 0 Å². The van der Waals surface area contributed by atoms with Crippen LogP contribution in [0.4, 0.5) is 0 Å². The number of rotatable bonds is 1. The first-order valence-corrected chi connectivity index (χ1v) is 2.47. The third-order valence-electron chi connectivity index (χ3n) is 0.897. The molecule has 1 rings (SSSR count). The molecule has 1 aromatic rings. The fourth-order valence-electron chi connectivity index (χ4n) is 0.497. The number of hydrogen-bond acceptors (Lipinski definition) is 1. The maximum Gasteiger partial charge on any atom is 0.0623 e. The molecule has 0 aliphatic rings. The second-order valence-corrected chi connectivity index (χ2v) is 1.46. The molecule has 48 valence electrons. The molecule has 0 unspecified atom stereocenters. The molecular weight excluding hydrogens is 199 g/mol. The van der Waals surface area contributed by atoms with Crippen molar-refractivity contribution in [1.82, 2.24) is 4.98 Å². The summed E-state index contributed by atoms with van der Waals surface area (Å²) in [7, 11) is 0. The van der Waals surface area contributed by atoms with E-state index in [1.807, 2.05) is 18.2 Å². The Morgan fingerprint density at radius 1 is 1.44 bits per heavy atom.